The molecule has 0 aliphatic carbocycles. The number of benzene rings is 2. The number of unbranched alkanes of at least 4 members (excludes halogenated alkanes) is 1. The van der Waals surface area contributed by atoms with Crippen molar-refractivity contribution in [3.05, 3.63) is 59.4 Å². The van der Waals surface area contributed by atoms with Crippen LogP contribution in [0.3, 0.4) is 0 Å². The van der Waals surface area contributed by atoms with Crippen LogP contribution in [0.15, 0.2) is 42.5 Å². The summed E-state index contributed by atoms with van der Waals surface area (Å²) in [6.45, 7) is 6.44. The van der Waals surface area contributed by atoms with Crippen LogP contribution in [0.1, 0.15) is 63.0 Å². The second-order valence-electron chi connectivity index (χ2n) is 6.23. The van der Waals surface area contributed by atoms with Crippen LogP contribution in [0.25, 0.3) is 11.1 Å². The average Bonchev–Trinajstić information content (AvgIpc) is 2.52. The van der Waals surface area contributed by atoms with Crippen LogP contribution in [-0.4, -0.2) is 0 Å². The zero-order valence-electron chi connectivity index (χ0n) is 14.0. The Morgan fingerprint density at radius 1 is 0.864 bits per heavy atom. The Labute approximate surface area is 134 Å². The minimum absolute atomic E-state index is 0.0485. The fourth-order valence-corrected chi connectivity index (χ4v) is 3.04. The van der Waals surface area contributed by atoms with Crippen molar-refractivity contribution in [2.24, 2.45) is 0 Å². The van der Waals surface area contributed by atoms with E-state index in [9.17, 15) is 4.39 Å². The third kappa shape index (κ3) is 4.19. The Morgan fingerprint density at radius 3 is 2.14 bits per heavy atom. The normalized spacial score (nSPS) is 12.4. The highest BCUT2D eigenvalue weighted by Crippen LogP contribution is 2.31. The minimum atomic E-state index is -0.0485. The molecule has 1 heteroatoms. The molecule has 0 saturated heterocycles. The van der Waals surface area contributed by atoms with Crippen LogP contribution >= 0.6 is 0 Å². The molecule has 1 unspecified atom stereocenters. The predicted molar refractivity (Wildman–Crippen MR) is 93.7 cm³/mol. The quantitative estimate of drug-likeness (QED) is 0.523. The molecule has 0 aliphatic heterocycles. The lowest BCUT2D eigenvalue weighted by molar-refractivity contribution is 0.508. The first-order valence-corrected chi connectivity index (χ1v) is 8.52. The molecular formula is C21H27F. The van der Waals surface area contributed by atoms with Gasteiger partial charge in [0, 0.05) is 0 Å². The molecular weight excluding hydrogens is 271 g/mol. The van der Waals surface area contributed by atoms with Crippen LogP contribution in [0.5, 0.6) is 0 Å². The van der Waals surface area contributed by atoms with Crippen molar-refractivity contribution >= 4 is 0 Å². The number of aryl methyl sites for hydroxylation is 1. The van der Waals surface area contributed by atoms with Crippen LogP contribution in [0.4, 0.5) is 4.39 Å². The largest absolute Gasteiger partial charge is 0.207 e. The first-order chi connectivity index (χ1) is 10.7. The van der Waals surface area contributed by atoms with E-state index in [2.05, 4.69) is 51.1 Å². The van der Waals surface area contributed by atoms with Crippen LogP contribution in [0, 0.1) is 12.7 Å². The summed E-state index contributed by atoms with van der Waals surface area (Å²) in [5.41, 5.74) is 4.17. The van der Waals surface area contributed by atoms with Gasteiger partial charge in [-0.1, -0.05) is 75.1 Å². The van der Waals surface area contributed by atoms with Gasteiger partial charge >= 0.3 is 0 Å². The number of hydrogen-bond acceptors (Lipinski definition) is 0. The molecule has 0 aromatic heterocycles. The maximum Gasteiger partial charge on any atom is 0.127 e. The summed E-state index contributed by atoms with van der Waals surface area (Å²) in [6, 6.07) is 14.0. The third-order valence-corrected chi connectivity index (χ3v) is 4.37. The van der Waals surface area contributed by atoms with Crippen LogP contribution in [0.2, 0.25) is 0 Å². The fraction of sp³-hybridized carbons (Fsp3) is 0.429. The Hall–Kier alpha value is -1.63. The molecule has 0 radical (unpaired) electrons. The van der Waals surface area contributed by atoms with E-state index < -0.39 is 0 Å². The van der Waals surface area contributed by atoms with Gasteiger partial charge in [0.25, 0.3) is 0 Å². The van der Waals surface area contributed by atoms with Gasteiger partial charge in [0.2, 0.25) is 0 Å². The maximum absolute atomic E-state index is 14.6. The summed E-state index contributed by atoms with van der Waals surface area (Å²) >= 11 is 0. The molecule has 0 amide bonds. The summed E-state index contributed by atoms with van der Waals surface area (Å²) in [5, 5.41) is 0. The van der Waals surface area contributed by atoms with Gasteiger partial charge in [0.15, 0.2) is 0 Å². The van der Waals surface area contributed by atoms with Gasteiger partial charge in [-0.2, -0.15) is 0 Å². The van der Waals surface area contributed by atoms with E-state index in [0.717, 1.165) is 36.0 Å². The minimum Gasteiger partial charge on any atom is -0.207 e. The van der Waals surface area contributed by atoms with E-state index in [1.54, 1.807) is 6.07 Å². The van der Waals surface area contributed by atoms with Gasteiger partial charge in [-0.15, -0.1) is 0 Å². The first kappa shape index (κ1) is 16.7. The molecule has 0 heterocycles. The van der Waals surface area contributed by atoms with Crippen molar-refractivity contribution in [2.75, 3.05) is 0 Å². The van der Waals surface area contributed by atoms with E-state index in [0.29, 0.717) is 5.92 Å². The number of hydrogen-bond donors (Lipinski definition) is 0. The Balaban J connectivity index is 2.25. The second kappa shape index (κ2) is 8.12. The molecule has 0 bridgehead atoms. The van der Waals surface area contributed by atoms with Gasteiger partial charge < -0.3 is 0 Å². The standard InChI is InChI=1S/C21H27F/c1-4-6-8-18(7-5-2)20-14-13-19(15-21(20)22)17-11-9-16(3)10-12-17/h9-15,18H,4-8H2,1-3H3. The van der Waals surface area contributed by atoms with Gasteiger partial charge in [0.05, 0.1) is 0 Å². The molecule has 0 aliphatic rings. The molecule has 0 spiro atoms. The highest BCUT2D eigenvalue weighted by Gasteiger charge is 2.15. The second-order valence-corrected chi connectivity index (χ2v) is 6.23. The van der Waals surface area contributed by atoms with Crippen molar-refractivity contribution in [1.29, 1.82) is 0 Å². The average molecular weight is 298 g/mol. The molecule has 2 rings (SSSR count). The molecule has 0 fully saturated rings. The Bertz CT molecular complexity index is 583. The SMILES string of the molecule is CCCCC(CCC)c1ccc(-c2ccc(C)cc2)cc1F. The van der Waals surface area contributed by atoms with E-state index in [-0.39, 0.29) is 5.82 Å². The summed E-state index contributed by atoms with van der Waals surface area (Å²) in [6.07, 6.45) is 5.60. The third-order valence-electron chi connectivity index (χ3n) is 4.37. The molecule has 0 nitrogen and oxygen atoms in total. The maximum atomic E-state index is 14.6. The zero-order valence-corrected chi connectivity index (χ0v) is 14.0. The number of rotatable bonds is 7. The molecule has 2 aromatic carbocycles. The van der Waals surface area contributed by atoms with Gasteiger partial charge in [-0.05, 0) is 48.4 Å². The molecule has 2 aromatic rings. The monoisotopic (exact) mass is 298 g/mol. The number of halogens is 1. The van der Waals surface area contributed by atoms with Crippen molar-refractivity contribution in [3.63, 3.8) is 0 Å². The molecule has 0 N–H and O–H groups in total. The van der Waals surface area contributed by atoms with Crippen molar-refractivity contribution in [1.82, 2.24) is 0 Å². The molecule has 0 saturated carbocycles. The van der Waals surface area contributed by atoms with Gasteiger partial charge in [-0.25, -0.2) is 4.39 Å². The summed E-state index contributed by atoms with van der Waals surface area (Å²) in [4.78, 5) is 0. The van der Waals surface area contributed by atoms with Crippen LogP contribution in [-0.2, 0) is 0 Å². The summed E-state index contributed by atoms with van der Waals surface area (Å²) in [5.74, 6) is 0.310. The highest BCUT2D eigenvalue weighted by molar-refractivity contribution is 5.64. The lowest BCUT2D eigenvalue weighted by Gasteiger charge is -2.18. The Kier molecular flexibility index (Phi) is 6.18. The predicted octanol–water partition coefficient (Wildman–Crippen LogP) is 6.88. The first-order valence-electron chi connectivity index (χ1n) is 8.52. The van der Waals surface area contributed by atoms with E-state index in [1.807, 2.05) is 6.07 Å². The molecule has 22 heavy (non-hydrogen) atoms. The molecule has 118 valence electrons. The van der Waals surface area contributed by atoms with E-state index in [4.69, 9.17) is 0 Å². The Morgan fingerprint density at radius 2 is 1.55 bits per heavy atom. The van der Waals surface area contributed by atoms with Crippen molar-refractivity contribution < 1.29 is 4.39 Å². The smallest absolute Gasteiger partial charge is 0.127 e. The van der Waals surface area contributed by atoms with Crippen molar-refractivity contribution in [2.45, 2.75) is 58.8 Å². The lowest BCUT2D eigenvalue weighted by atomic mass is 9.88. The van der Waals surface area contributed by atoms with E-state index in [1.165, 1.54) is 18.4 Å². The lowest BCUT2D eigenvalue weighted by Crippen LogP contribution is -2.02. The summed E-state index contributed by atoms with van der Waals surface area (Å²) in [7, 11) is 0. The van der Waals surface area contributed by atoms with Gasteiger partial charge in [-0.3, -0.25) is 0 Å². The zero-order chi connectivity index (χ0) is 15.9. The highest BCUT2D eigenvalue weighted by atomic mass is 19.1. The summed E-state index contributed by atoms with van der Waals surface area (Å²) < 4.78 is 14.6. The van der Waals surface area contributed by atoms with Crippen LogP contribution < -0.4 is 0 Å². The van der Waals surface area contributed by atoms with E-state index >= 15 is 0 Å². The topological polar surface area (TPSA) is 0 Å². The molecule has 1 atom stereocenters. The van der Waals surface area contributed by atoms with Gasteiger partial charge in [0.1, 0.15) is 5.82 Å². The fourth-order valence-electron chi connectivity index (χ4n) is 3.04. The van der Waals surface area contributed by atoms with Crippen molar-refractivity contribution in [3.8, 4) is 11.1 Å².